The summed E-state index contributed by atoms with van der Waals surface area (Å²) in [5.41, 5.74) is 0. The molecule has 0 aromatic carbocycles. The van der Waals surface area contributed by atoms with Crippen molar-refractivity contribution < 1.29 is 34.7 Å². The zero-order valence-electron chi connectivity index (χ0n) is 5.88. The minimum atomic E-state index is -2.53. The average Bonchev–Trinajstić information content (AvgIpc) is 1.99. The van der Waals surface area contributed by atoms with Crippen LogP contribution < -0.4 is 0 Å². The van der Waals surface area contributed by atoms with Crippen LogP contribution in [0.25, 0.3) is 0 Å². The zero-order valence-corrected chi connectivity index (χ0v) is 5.88. The molecule has 12 heavy (non-hydrogen) atoms. The van der Waals surface area contributed by atoms with E-state index in [1.54, 1.807) is 0 Å². The fraction of sp³-hybridized carbons (Fsp3) is 0.800. The van der Waals surface area contributed by atoms with E-state index in [1.807, 2.05) is 0 Å². The van der Waals surface area contributed by atoms with Gasteiger partial charge in [0.2, 0.25) is 0 Å². The smallest absolute Gasteiger partial charge is 0.394 e. The van der Waals surface area contributed by atoms with Crippen molar-refractivity contribution >= 4 is 6.16 Å². The highest BCUT2D eigenvalue weighted by Gasteiger charge is 2.56. The molecule has 0 bridgehead atoms. The Morgan fingerprint density at radius 3 is 2.25 bits per heavy atom. The minimum absolute atomic E-state index is 0.787. The van der Waals surface area contributed by atoms with Crippen molar-refractivity contribution in [1.82, 2.24) is 0 Å². The van der Waals surface area contributed by atoms with Crippen LogP contribution in [0.1, 0.15) is 0 Å². The monoisotopic (exact) mass is 180 g/mol. The summed E-state index contributed by atoms with van der Waals surface area (Å²) in [6.07, 6.45) is -4.68. The predicted octanol–water partition coefficient (Wildman–Crippen LogP) is -2.49. The first kappa shape index (κ1) is 9.20. The summed E-state index contributed by atoms with van der Waals surface area (Å²) in [6.45, 7) is -0.787. The van der Waals surface area contributed by atoms with Crippen molar-refractivity contribution in [2.75, 3.05) is 6.61 Å². The second kappa shape index (κ2) is 2.87. The van der Waals surface area contributed by atoms with Gasteiger partial charge in [-0.1, -0.05) is 0 Å². The normalized spacial score (nSPS) is 24.8. The first-order valence-corrected chi connectivity index (χ1v) is 3.11. The molecule has 1 aliphatic heterocycles. The van der Waals surface area contributed by atoms with E-state index in [1.165, 1.54) is 0 Å². The van der Waals surface area contributed by atoms with Crippen LogP contribution in [-0.2, 0) is 9.47 Å². The number of cyclic esters (lactones) is 2. The Morgan fingerprint density at radius 2 is 1.92 bits per heavy atom. The van der Waals surface area contributed by atoms with Crippen molar-refractivity contribution in [3.63, 3.8) is 0 Å². The second-order valence-electron chi connectivity index (χ2n) is 2.28. The van der Waals surface area contributed by atoms with E-state index in [0.29, 0.717) is 0 Å². The van der Waals surface area contributed by atoms with Gasteiger partial charge in [0.05, 0.1) is 6.61 Å². The summed E-state index contributed by atoms with van der Waals surface area (Å²) in [6, 6.07) is 0. The Balaban J connectivity index is 2.52. The lowest BCUT2D eigenvalue weighted by atomic mass is 10.1. The van der Waals surface area contributed by atoms with Crippen molar-refractivity contribution in [3.8, 4) is 0 Å². The molecular formula is C5H8O7. The molecule has 4 N–H and O–H groups in total. The van der Waals surface area contributed by atoms with Crippen LogP contribution in [0.15, 0.2) is 0 Å². The van der Waals surface area contributed by atoms with Crippen molar-refractivity contribution in [3.05, 3.63) is 0 Å². The summed E-state index contributed by atoms with van der Waals surface area (Å²) < 4.78 is 7.97. The summed E-state index contributed by atoms with van der Waals surface area (Å²) in [7, 11) is 0. The third kappa shape index (κ3) is 1.34. The molecule has 1 aliphatic rings. The van der Waals surface area contributed by atoms with Gasteiger partial charge in [0.15, 0.2) is 6.10 Å². The molecule has 7 heteroatoms. The molecule has 0 spiro atoms. The lowest BCUT2D eigenvalue weighted by Crippen LogP contribution is -2.62. The topological polar surface area (TPSA) is 116 Å². The molecule has 1 saturated heterocycles. The van der Waals surface area contributed by atoms with Crippen LogP contribution in [0, 0.1) is 0 Å². The Kier molecular flexibility index (Phi) is 2.20. The standard InChI is InChI=1S/C5H8O7/c6-1-2(7)3(8)5(10)11-4(9)12-5/h2-3,6-8,10H,1H2. The molecule has 1 fully saturated rings. The van der Waals surface area contributed by atoms with E-state index in [-0.39, 0.29) is 0 Å². The maximum Gasteiger partial charge on any atom is 0.518 e. The highest BCUT2D eigenvalue weighted by molar-refractivity contribution is 5.65. The molecule has 0 radical (unpaired) electrons. The molecule has 0 aliphatic carbocycles. The number of hydrogen-bond donors (Lipinski definition) is 4. The van der Waals surface area contributed by atoms with Gasteiger partial charge in [-0.05, 0) is 0 Å². The number of hydrogen-bond acceptors (Lipinski definition) is 7. The summed E-state index contributed by atoms with van der Waals surface area (Å²) in [5, 5.41) is 35.0. The largest absolute Gasteiger partial charge is 0.518 e. The van der Waals surface area contributed by atoms with E-state index in [0.717, 1.165) is 0 Å². The van der Waals surface area contributed by atoms with Crippen molar-refractivity contribution in [2.45, 2.75) is 18.2 Å². The molecule has 1 heterocycles. The molecule has 2 atom stereocenters. The summed E-state index contributed by atoms with van der Waals surface area (Å²) in [4.78, 5) is 10.1. The van der Waals surface area contributed by atoms with E-state index >= 15 is 0 Å². The van der Waals surface area contributed by atoms with Crippen LogP contribution in [0.4, 0.5) is 4.79 Å². The van der Waals surface area contributed by atoms with Gasteiger partial charge < -0.3 is 29.9 Å². The SMILES string of the molecule is O=C1OC(O)(C(O)C(O)CO)O1. The second-order valence-corrected chi connectivity index (χ2v) is 2.28. The fourth-order valence-electron chi connectivity index (χ4n) is 0.710. The number of aliphatic hydroxyl groups is 4. The number of carbonyl (C=O) groups is 1. The van der Waals surface area contributed by atoms with Crippen LogP contribution in [-0.4, -0.2) is 51.4 Å². The molecule has 1 rings (SSSR count). The molecule has 0 saturated carbocycles. The summed E-state index contributed by atoms with van der Waals surface area (Å²) in [5.74, 6) is -2.53. The van der Waals surface area contributed by atoms with Crippen molar-refractivity contribution in [2.24, 2.45) is 0 Å². The molecule has 7 nitrogen and oxygen atoms in total. The highest BCUT2D eigenvalue weighted by Crippen LogP contribution is 2.27. The van der Waals surface area contributed by atoms with Gasteiger partial charge in [-0.25, -0.2) is 4.79 Å². The Morgan fingerprint density at radius 1 is 1.42 bits per heavy atom. The molecule has 2 unspecified atom stereocenters. The Bertz CT molecular complexity index is 182. The van der Waals surface area contributed by atoms with E-state index in [9.17, 15) is 4.79 Å². The van der Waals surface area contributed by atoms with Gasteiger partial charge in [0.25, 0.3) is 0 Å². The van der Waals surface area contributed by atoms with Crippen LogP contribution in [0.5, 0.6) is 0 Å². The quantitative estimate of drug-likeness (QED) is 0.355. The molecule has 0 aromatic heterocycles. The fourth-order valence-corrected chi connectivity index (χ4v) is 0.710. The maximum absolute atomic E-state index is 10.1. The number of ether oxygens (including phenoxy) is 2. The van der Waals surface area contributed by atoms with E-state index in [2.05, 4.69) is 9.47 Å². The van der Waals surface area contributed by atoms with Crippen molar-refractivity contribution in [1.29, 1.82) is 0 Å². The minimum Gasteiger partial charge on any atom is -0.394 e. The lowest BCUT2D eigenvalue weighted by Gasteiger charge is -2.38. The van der Waals surface area contributed by atoms with Gasteiger partial charge >= 0.3 is 12.1 Å². The molecule has 70 valence electrons. The first-order chi connectivity index (χ1) is 5.49. The summed E-state index contributed by atoms with van der Waals surface area (Å²) >= 11 is 0. The van der Waals surface area contributed by atoms with Gasteiger partial charge in [-0.2, -0.15) is 0 Å². The molecular weight excluding hydrogens is 172 g/mol. The van der Waals surface area contributed by atoms with Gasteiger partial charge in [-0.3, -0.25) is 0 Å². The van der Waals surface area contributed by atoms with Gasteiger partial charge in [0, 0.05) is 0 Å². The predicted molar refractivity (Wildman–Crippen MR) is 31.6 cm³/mol. The lowest BCUT2D eigenvalue weighted by molar-refractivity contribution is -0.427. The van der Waals surface area contributed by atoms with Gasteiger partial charge in [-0.15, -0.1) is 0 Å². The first-order valence-electron chi connectivity index (χ1n) is 3.11. The van der Waals surface area contributed by atoms with Crippen LogP contribution in [0.3, 0.4) is 0 Å². The highest BCUT2D eigenvalue weighted by atomic mass is 17.0. The number of rotatable bonds is 3. The average molecular weight is 180 g/mol. The number of carbonyl (C=O) groups excluding carboxylic acids is 1. The Labute approximate surface area is 66.8 Å². The Hall–Kier alpha value is -0.890. The maximum atomic E-state index is 10.1. The zero-order chi connectivity index (χ0) is 9.35. The van der Waals surface area contributed by atoms with E-state index in [4.69, 9.17) is 20.4 Å². The molecule has 0 aromatic rings. The third-order valence-corrected chi connectivity index (χ3v) is 1.38. The van der Waals surface area contributed by atoms with E-state index < -0.39 is 30.9 Å². The van der Waals surface area contributed by atoms with Gasteiger partial charge in [0.1, 0.15) is 6.10 Å². The van der Waals surface area contributed by atoms with Crippen LogP contribution in [0.2, 0.25) is 0 Å². The number of aliphatic hydroxyl groups excluding tert-OH is 3. The van der Waals surface area contributed by atoms with Crippen LogP contribution >= 0.6 is 0 Å². The molecule has 0 amide bonds. The third-order valence-electron chi connectivity index (χ3n) is 1.38.